The van der Waals surface area contributed by atoms with Gasteiger partial charge in [0, 0.05) is 41.1 Å². The van der Waals surface area contributed by atoms with E-state index in [1.54, 1.807) is 32.4 Å². The van der Waals surface area contributed by atoms with Crippen LogP contribution in [0.4, 0.5) is 5.69 Å². The number of fused-ring (bicyclic) bond motifs is 1. The van der Waals surface area contributed by atoms with Gasteiger partial charge in [0.25, 0.3) is 11.7 Å². The molecule has 174 valence electrons. The number of Topliss-reactive ketones (excluding diaryl/α,β-unsaturated/α-hetero) is 1. The topological polar surface area (TPSA) is 91.7 Å². The summed E-state index contributed by atoms with van der Waals surface area (Å²) in [6.07, 6.45) is 1.50. The van der Waals surface area contributed by atoms with Gasteiger partial charge >= 0.3 is 0 Å². The van der Waals surface area contributed by atoms with Crippen LogP contribution in [0.2, 0.25) is 0 Å². The minimum atomic E-state index is -0.748. The van der Waals surface area contributed by atoms with Crippen LogP contribution in [0.5, 0.6) is 17.4 Å². The first-order valence-electron chi connectivity index (χ1n) is 10.6. The van der Waals surface area contributed by atoms with Gasteiger partial charge in [-0.25, -0.2) is 4.98 Å². The van der Waals surface area contributed by atoms with E-state index >= 15 is 0 Å². The number of benzene rings is 2. The van der Waals surface area contributed by atoms with E-state index in [1.165, 1.54) is 13.3 Å². The minimum absolute atomic E-state index is 0.334. The number of hydrogen-bond acceptors (Lipinski definition) is 6. The average molecular weight is 460 g/mol. The molecule has 0 fully saturated rings. The number of rotatable bonds is 8. The molecule has 0 unspecified atom stereocenters. The van der Waals surface area contributed by atoms with Crippen molar-refractivity contribution < 1.29 is 23.8 Å². The molecule has 0 spiro atoms. The van der Waals surface area contributed by atoms with Crippen LogP contribution in [-0.4, -0.2) is 42.6 Å². The van der Waals surface area contributed by atoms with Crippen molar-refractivity contribution in [1.29, 1.82) is 0 Å². The van der Waals surface area contributed by atoms with Gasteiger partial charge in [0.2, 0.25) is 5.88 Å². The molecule has 0 radical (unpaired) electrons. The summed E-state index contributed by atoms with van der Waals surface area (Å²) in [6.45, 7) is 2.36. The highest BCUT2D eigenvalue weighted by Gasteiger charge is 2.26. The maximum atomic E-state index is 13.4. The van der Waals surface area contributed by atoms with Crippen molar-refractivity contribution in [3.63, 3.8) is 0 Å². The van der Waals surface area contributed by atoms with Crippen LogP contribution in [-0.2, 0) is 11.3 Å². The lowest BCUT2D eigenvalue weighted by atomic mass is 10.1. The fraction of sp³-hybridized carbons (Fsp3) is 0.192. The van der Waals surface area contributed by atoms with Crippen molar-refractivity contribution in [2.24, 2.45) is 0 Å². The molecule has 0 aliphatic rings. The van der Waals surface area contributed by atoms with E-state index in [2.05, 4.69) is 10.3 Å². The lowest BCUT2D eigenvalue weighted by Gasteiger charge is -2.10. The molecule has 0 atom stereocenters. The highest BCUT2D eigenvalue weighted by Crippen LogP contribution is 2.31. The predicted molar refractivity (Wildman–Crippen MR) is 129 cm³/mol. The van der Waals surface area contributed by atoms with E-state index in [4.69, 9.17) is 14.2 Å². The molecule has 4 rings (SSSR count). The lowest BCUT2D eigenvalue weighted by molar-refractivity contribution is -0.112. The van der Waals surface area contributed by atoms with Crippen molar-refractivity contribution in [1.82, 2.24) is 9.55 Å². The second-order valence-corrected chi connectivity index (χ2v) is 7.65. The van der Waals surface area contributed by atoms with Gasteiger partial charge in [-0.15, -0.1) is 0 Å². The number of anilines is 1. The third kappa shape index (κ3) is 4.43. The largest absolute Gasteiger partial charge is 0.497 e. The number of pyridine rings is 1. The van der Waals surface area contributed by atoms with E-state index in [1.807, 2.05) is 47.9 Å². The Morgan fingerprint density at radius 1 is 0.912 bits per heavy atom. The predicted octanol–water partition coefficient (Wildman–Crippen LogP) is 4.24. The molecule has 0 bridgehead atoms. The lowest BCUT2D eigenvalue weighted by Crippen LogP contribution is -2.23. The van der Waals surface area contributed by atoms with Crippen LogP contribution in [0.3, 0.4) is 0 Å². The van der Waals surface area contributed by atoms with Gasteiger partial charge in [0.15, 0.2) is 0 Å². The van der Waals surface area contributed by atoms with Crippen LogP contribution in [0.15, 0.2) is 60.8 Å². The van der Waals surface area contributed by atoms with Crippen LogP contribution in [0.25, 0.3) is 10.9 Å². The second-order valence-electron chi connectivity index (χ2n) is 7.65. The summed E-state index contributed by atoms with van der Waals surface area (Å²) in [6, 6.07) is 16.4. The number of methoxy groups -OCH3 is 3. The van der Waals surface area contributed by atoms with E-state index in [9.17, 15) is 9.59 Å². The van der Waals surface area contributed by atoms with Gasteiger partial charge in [0.05, 0.1) is 26.9 Å². The van der Waals surface area contributed by atoms with E-state index in [-0.39, 0.29) is 0 Å². The zero-order chi connectivity index (χ0) is 24.2. The maximum Gasteiger partial charge on any atom is 0.296 e. The Bertz CT molecular complexity index is 1360. The van der Waals surface area contributed by atoms with Crippen molar-refractivity contribution in [2.75, 3.05) is 26.6 Å². The third-order valence-electron chi connectivity index (χ3n) is 5.67. The van der Waals surface area contributed by atoms with Gasteiger partial charge in [-0.1, -0.05) is 12.1 Å². The minimum Gasteiger partial charge on any atom is -0.497 e. The van der Waals surface area contributed by atoms with Gasteiger partial charge in [0.1, 0.15) is 11.5 Å². The molecular formula is C26H25N3O5. The standard InChI is InChI=1S/C26H25N3O5/c1-16-24(25(30)26(31)28-18-11-12-27-23(13-18)34-4)21-14-20(33-3)9-10-22(21)29(16)15-17-5-7-19(32-2)8-6-17/h5-14H,15H2,1-4H3,(H,27,28,31). The molecule has 1 amide bonds. The first kappa shape index (κ1) is 22.8. The Morgan fingerprint density at radius 3 is 2.29 bits per heavy atom. The molecule has 34 heavy (non-hydrogen) atoms. The number of nitrogens with zero attached hydrogens (tertiary/aromatic N) is 2. The Kier molecular flexibility index (Phi) is 6.49. The van der Waals surface area contributed by atoms with Gasteiger partial charge in [-0.3, -0.25) is 9.59 Å². The number of carbonyl (C=O) groups is 2. The molecule has 0 aliphatic heterocycles. The maximum absolute atomic E-state index is 13.4. The summed E-state index contributed by atoms with van der Waals surface area (Å²) in [5, 5.41) is 3.29. The number of hydrogen-bond donors (Lipinski definition) is 1. The molecule has 2 heterocycles. The molecule has 4 aromatic rings. The number of nitrogens with one attached hydrogen (secondary N) is 1. The van der Waals surface area contributed by atoms with Crippen molar-refractivity contribution in [2.45, 2.75) is 13.5 Å². The van der Waals surface area contributed by atoms with Crippen LogP contribution in [0, 0.1) is 6.92 Å². The third-order valence-corrected chi connectivity index (χ3v) is 5.67. The highest BCUT2D eigenvalue weighted by molar-refractivity contribution is 6.48. The molecular weight excluding hydrogens is 434 g/mol. The van der Waals surface area contributed by atoms with Crippen molar-refractivity contribution in [3.8, 4) is 17.4 Å². The summed E-state index contributed by atoms with van der Waals surface area (Å²) in [7, 11) is 4.66. The van der Waals surface area contributed by atoms with Crippen molar-refractivity contribution >= 4 is 28.3 Å². The van der Waals surface area contributed by atoms with E-state index < -0.39 is 11.7 Å². The number of aromatic nitrogens is 2. The number of carbonyl (C=O) groups excluding carboxylic acids is 2. The number of amides is 1. The molecule has 1 N–H and O–H groups in total. The molecule has 2 aromatic carbocycles. The molecule has 8 heteroatoms. The molecule has 8 nitrogen and oxygen atoms in total. The summed E-state index contributed by atoms with van der Waals surface area (Å²) < 4.78 is 17.7. The summed E-state index contributed by atoms with van der Waals surface area (Å²) in [5.41, 5.74) is 3.30. The monoisotopic (exact) mass is 459 g/mol. The SMILES string of the molecule is COc1ccc(Cn2c(C)c(C(=O)C(=O)Nc3ccnc(OC)c3)c3cc(OC)ccc32)cc1. The summed E-state index contributed by atoms with van der Waals surface area (Å²) >= 11 is 0. The normalized spacial score (nSPS) is 10.7. The fourth-order valence-corrected chi connectivity index (χ4v) is 3.89. The first-order valence-corrected chi connectivity index (χ1v) is 10.6. The van der Waals surface area contributed by atoms with Gasteiger partial charge in [-0.2, -0.15) is 0 Å². The Hall–Kier alpha value is -4.33. The Morgan fingerprint density at radius 2 is 1.62 bits per heavy atom. The van der Waals surface area contributed by atoms with Crippen LogP contribution < -0.4 is 19.5 Å². The molecule has 0 aliphatic carbocycles. The number of ketones is 1. The zero-order valence-electron chi connectivity index (χ0n) is 19.4. The van der Waals surface area contributed by atoms with Gasteiger partial charge < -0.3 is 24.1 Å². The van der Waals surface area contributed by atoms with Crippen LogP contribution >= 0.6 is 0 Å². The van der Waals surface area contributed by atoms with Crippen molar-refractivity contribution in [3.05, 3.63) is 77.6 Å². The average Bonchev–Trinajstić information content (AvgIpc) is 3.14. The Balaban J connectivity index is 1.73. The fourth-order valence-electron chi connectivity index (χ4n) is 3.89. The summed E-state index contributed by atoms with van der Waals surface area (Å²) in [4.78, 5) is 30.3. The van der Waals surface area contributed by atoms with Crippen LogP contribution in [0.1, 0.15) is 21.6 Å². The second kappa shape index (κ2) is 9.66. The highest BCUT2D eigenvalue weighted by atomic mass is 16.5. The van der Waals surface area contributed by atoms with Gasteiger partial charge in [-0.05, 0) is 48.9 Å². The first-order chi connectivity index (χ1) is 16.4. The molecule has 0 saturated heterocycles. The molecule has 2 aromatic heterocycles. The molecule has 0 saturated carbocycles. The summed E-state index contributed by atoms with van der Waals surface area (Å²) in [5.74, 6) is 0.315. The number of ether oxygens (including phenoxy) is 3. The Labute approximate surface area is 197 Å². The van der Waals surface area contributed by atoms with E-state index in [0.29, 0.717) is 40.5 Å². The quantitative estimate of drug-likeness (QED) is 0.313. The van der Waals surface area contributed by atoms with E-state index in [0.717, 1.165) is 16.8 Å². The smallest absolute Gasteiger partial charge is 0.296 e. The zero-order valence-corrected chi connectivity index (χ0v) is 19.4.